The molecule has 0 aromatic heterocycles. The van der Waals surface area contributed by atoms with Crippen LogP contribution in [0.15, 0.2) is 24.3 Å². The molecule has 100 valence electrons. The van der Waals surface area contributed by atoms with Crippen LogP contribution < -0.4 is 10.5 Å². The molecule has 0 aliphatic heterocycles. The van der Waals surface area contributed by atoms with Crippen molar-refractivity contribution in [2.75, 3.05) is 5.73 Å². The van der Waals surface area contributed by atoms with Gasteiger partial charge < -0.3 is 10.5 Å². The van der Waals surface area contributed by atoms with Gasteiger partial charge in [-0.05, 0) is 49.9 Å². The van der Waals surface area contributed by atoms with Crippen LogP contribution >= 0.6 is 22.6 Å². The van der Waals surface area contributed by atoms with Crippen molar-refractivity contribution in [1.29, 1.82) is 0 Å². The van der Waals surface area contributed by atoms with E-state index in [1.54, 1.807) is 12.1 Å². The van der Waals surface area contributed by atoms with Gasteiger partial charge in [0.05, 0.1) is 5.92 Å². The van der Waals surface area contributed by atoms with E-state index in [4.69, 9.17) is 10.5 Å². The number of benzene rings is 1. The van der Waals surface area contributed by atoms with E-state index in [1.807, 2.05) is 0 Å². The molecule has 0 saturated heterocycles. The normalized spacial score (nSPS) is 24.8. The Balaban J connectivity index is 2.00. The molecule has 0 unspecified atom stereocenters. The molecule has 0 atom stereocenters. The van der Waals surface area contributed by atoms with E-state index in [-0.39, 0.29) is 5.75 Å². The number of hydrogen-bond donors (Lipinski definition) is 1. The molecular formula is C13H16F2INO. The zero-order valence-electron chi connectivity index (χ0n) is 9.91. The highest BCUT2D eigenvalue weighted by Crippen LogP contribution is 2.39. The molecule has 0 spiro atoms. The second kappa shape index (κ2) is 5.59. The maximum Gasteiger partial charge on any atom is 0.400 e. The summed E-state index contributed by atoms with van der Waals surface area (Å²) in [5.41, 5.74) is 6.04. The average Bonchev–Trinajstić information content (AvgIpc) is 2.32. The standard InChI is InChI=1S/C13H16F2INO/c14-13(15,9-1-3-10(16)4-2-9)18-12-7-5-11(17)6-8-12/h5-10H,1-4,17H2. The lowest BCUT2D eigenvalue weighted by atomic mass is 9.88. The Morgan fingerprint density at radius 3 is 2.22 bits per heavy atom. The van der Waals surface area contributed by atoms with Gasteiger partial charge in [-0.2, -0.15) is 8.78 Å². The second-order valence-corrected chi connectivity index (χ2v) is 6.44. The number of hydrogen-bond acceptors (Lipinski definition) is 2. The first kappa shape index (κ1) is 13.8. The smallest absolute Gasteiger partial charge is 0.400 e. The molecule has 2 N–H and O–H groups in total. The van der Waals surface area contributed by atoms with E-state index in [2.05, 4.69) is 22.6 Å². The van der Waals surface area contributed by atoms with Gasteiger partial charge in [0.25, 0.3) is 0 Å². The number of halogens is 3. The molecule has 0 radical (unpaired) electrons. The zero-order valence-corrected chi connectivity index (χ0v) is 12.1. The van der Waals surface area contributed by atoms with Crippen molar-refractivity contribution in [3.8, 4) is 5.75 Å². The Bertz CT molecular complexity index is 388. The molecule has 2 rings (SSSR count). The van der Waals surface area contributed by atoms with E-state index in [0.29, 0.717) is 22.5 Å². The number of ether oxygens (including phenoxy) is 1. The first-order valence-corrected chi connectivity index (χ1v) is 7.28. The second-order valence-electron chi connectivity index (χ2n) is 4.68. The predicted molar refractivity (Wildman–Crippen MR) is 76.2 cm³/mol. The molecule has 1 saturated carbocycles. The van der Waals surface area contributed by atoms with Crippen molar-refractivity contribution in [2.24, 2.45) is 5.92 Å². The van der Waals surface area contributed by atoms with Crippen molar-refractivity contribution >= 4 is 28.3 Å². The number of anilines is 1. The molecule has 5 heteroatoms. The van der Waals surface area contributed by atoms with Gasteiger partial charge in [-0.15, -0.1) is 0 Å². The van der Waals surface area contributed by atoms with Gasteiger partial charge in [-0.1, -0.05) is 22.6 Å². The lowest BCUT2D eigenvalue weighted by molar-refractivity contribution is -0.221. The monoisotopic (exact) mass is 367 g/mol. The zero-order chi connectivity index (χ0) is 13.2. The molecular weight excluding hydrogens is 351 g/mol. The van der Waals surface area contributed by atoms with Crippen molar-refractivity contribution in [3.05, 3.63) is 24.3 Å². The number of nitrogen functional groups attached to an aromatic ring is 1. The fraction of sp³-hybridized carbons (Fsp3) is 0.538. The highest BCUT2D eigenvalue weighted by Gasteiger charge is 2.43. The average molecular weight is 367 g/mol. The molecule has 1 aromatic carbocycles. The first-order valence-electron chi connectivity index (χ1n) is 6.04. The van der Waals surface area contributed by atoms with Crippen LogP contribution in [0.3, 0.4) is 0 Å². The van der Waals surface area contributed by atoms with Crippen LogP contribution in [0.5, 0.6) is 5.75 Å². The maximum absolute atomic E-state index is 14.0. The largest absolute Gasteiger partial charge is 0.432 e. The van der Waals surface area contributed by atoms with Crippen LogP contribution in [0, 0.1) is 5.92 Å². The van der Waals surface area contributed by atoms with Crippen LogP contribution in [0.25, 0.3) is 0 Å². The van der Waals surface area contributed by atoms with E-state index < -0.39 is 12.0 Å². The predicted octanol–water partition coefficient (Wildman–Crippen LogP) is 4.23. The van der Waals surface area contributed by atoms with E-state index >= 15 is 0 Å². The van der Waals surface area contributed by atoms with Gasteiger partial charge >= 0.3 is 6.11 Å². The van der Waals surface area contributed by atoms with Crippen LogP contribution in [0.1, 0.15) is 25.7 Å². The third kappa shape index (κ3) is 3.46. The number of nitrogens with two attached hydrogens (primary N) is 1. The SMILES string of the molecule is Nc1ccc(OC(F)(F)C2CCC(I)CC2)cc1. The van der Waals surface area contributed by atoms with Crippen molar-refractivity contribution in [1.82, 2.24) is 0 Å². The van der Waals surface area contributed by atoms with Crippen LogP contribution in [0.2, 0.25) is 0 Å². The molecule has 1 aliphatic rings. The fourth-order valence-corrected chi connectivity index (χ4v) is 2.88. The van der Waals surface area contributed by atoms with Crippen LogP contribution in [0.4, 0.5) is 14.5 Å². The summed E-state index contributed by atoms with van der Waals surface area (Å²) in [5, 5.41) is 0. The van der Waals surface area contributed by atoms with Crippen molar-refractivity contribution in [3.63, 3.8) is 0 Å². The Morgan fingerprint density at radius 2 is 1.67 bits per heavy atom. The summed E-state index contributed by atoms with van der Waals surface area (Å²) in [6.45, 7) is 0. The summed E-state index contributed by atoms with van der Waals surface area (Å²) in [4.78, 5) is 0. The van der Waals surface area contributed by atoms with Crippen molar-refractivity contribution in [2.45, 2.75) is 35.7 Å². The Labute approximate surface area is 119 Å². The minimum absolute atomic E-state index is 0.172. The summed E-state index contributed by atoms with van der Waals surface area (Å²) in [7, 11) is 0. The summed E-state index contributed by atoms with van der Waals surface area (Å²) in [6, 6.07) is 6.08. The van der Waals surface area contributed by atoms with Gasteiger partial charge in [0.2, 0.25) is 0 Å². The molecule has 0 heterocycles. The van der Waals surface area contributed by atoms with E-state index in [9.17, 15) is 8.78 Å². The molecule has 1 aromatic rings. The quantitative estimate of drug-likeness (QED) is 0.493. The van der Waals surface area contributed by atoms with Crippen molar-refractivity contribution < 1.29 is 13.5 Å². The Morgan fingerprint density at radius 1 is 1.11 bits per heavy atom. The molecule has 18 heavy (non-hydrogen) atoms. The van der Waals surface area contributed by atoms with E-state index in [1.165, 1.54) is 12.1 Å². The minimum atomic E-state index is -3.09. The summed E-state index contributed by atoms with van der Waals surface area (Å²) >= 11 is 2.32. The first-order chi connectivity index (χ1) is 8.47. The topological polar surface area (TPSA) is 35.2 Å². The highest BCUT2D eigenvalue weighted by atomic mass is 127. The van der Waals surface area contributed by atoms with Crippen LogP contribution in [-0.2, 0) is 0 Å². The summed E-state index contributed by atoms with van der Waals surface area (Å²) in [6.07, 6.45) is -0.365. The van der Waals surface area contributed by atoms with Gasteiger partial charge in [0.15, 0.2) is 0 Å². The lowest BCUT2D eigenvalue weighted by Crippen LogP contribution is -2.37. The number of alkyl halides is 3. The molecule has 0 amide bonds. The van der Waals surface area contributed by atoms with E-state index in [0.717, 1.165) is 12.8 Å². The van der Waals surface area contributed by atoms with Gasteiger partial charge in [-0.3, -0.25) is 0 Å². The number of rotatable bonds is 3. The van der Waals surface area contributed by atoms with Crippen LogP contribution in [-0.4, -0.2) is 10.0 Å². The van der Waals surface area contributed by atoms with Gasteiger partial charge in [-0.25, -0.2) is 0 Å². The Hall–Kier alpha value is -0.590. The highest BCUT2D eigenvalue weighted by molar-refractivity contribution is 14.1. The third-order valence-corrected chi connectivity index (χ3v) is 4.51. The molecule has 2 nitrogen and oxygen atoms in total. The fourth-order valence-electron chi connectivity index (χ4n) is 2.17. The van der Waals surface area contributed by atoms with Gasteiger partial charge in [0.1, 0.15) is 5.75 Å². The lowest BCUT2D eigenvalue weighted by Gasteiger charge is -2.31. The summed E-state index contributed by atoms with van der Waals surface area (Å²) in [5.74, 6) is -0.508. The Kier molecular flexibility index (Phi) is 4.29. The molecule has 1 fully saturated rings. The maximum atomic E-state index is 14.0. The molecule has 0 bridgehead atoms. The van der Waals surface area contributed by atoms with Gasteiger partial charge in [0, 0.05) is 9.61 Å². The third-order valence-electron chi connectivity index (χ3n) is 3.27. The minimum Gasteiger partial charge on any atom is -0.432 e. The molecule has 1 aliphatic carbocycles. The summed E-state index contributed by atoms with van der Waals surface area (Å²) < 4.78 is 33.3.